The predicted molar refractivity (Wildman–Crippen MR) is 86.2 cm³/mol. The second-order valence-corrected chi connectivity index (χ2v) is 7.45. The average Bonchev–Trinajstić information content (AvgIpc) is 2.80. The summed E-state index contributed by atoms with van der Waals surface area (Å²) in [5.74, 6) is 0.243. The lowest BCUT2D eigenvalue weighted by atomic mass is 9.70. The summed E-state index contributed by atoms with van der Waals surface area (Å²) in [6.45, 7) is 5.91. The van der Waals surface area contributed by atoms with Crippen LogP contribution < -0.4 is 5.48 Å². The van der Waals surface area contributed by atoms with E-state index in [0.29, 0.717) is 17.9 Å². The molecule has 2 N–H and O–H groups in total. The number of hydrogen-bond donors (Lipinski definition) is 2. The Labute approximate surface area is 136 Å². The van der Waals surface area contributed by atoms with Crippen LogP contribution >= 0.6 is 0 Å². The van der Waals surface area contributed by atoms with Crippen LogP contribution in [-0.2, 0) is 17.6 Å². The Morgan fingerprint density at radius 1 is 1.35 bits per heavy atom. The maximum absolute atomic E-state index is 12.3. The molecule has 5 nitrogen and oxygen atoms in total. The maximum Gasteiger partial charge on any atom is 0.274 e. The number of benzene rings is 1. The molecule has 2 aliphatic rings. The highest BCUT2D eigenvalue weighted by molar-refractivity contribution is 5.93. The molecule has 1 aromatic rings. The minimum absolute atomic E-state index is 0.00723. The number of hydrogen-bond acceptors (Lipinski definition) is 3. The Balaban J connectivity index is 1.82. The smallest absolute Gasteiger partial charge is 0.274 e. The summed E-state index contributed by atoms with van der Waals surface area (Å²) in [5.41, 5.74) is 4.54. The Morgan fingerprint density at radius 2 is 2.13 bits per heavy atom. The van der Waals surface area contributed by atoms with Gasteiger partial charge in [-0.1, -0.05) is 19.9 Å². The van der Waals surface area contributed by atoms with E-state index in [9.17, 15) is 9.59 Å². The Bertz CT molecular complexity index is 641. The SMILES string of the molecule is CC(C)CN1C[C@]2(CCc3ccc(C(=O)NO)cc3C2)CC1=O. The molecular formula is C18H24N2O3. The molecule has 1 saturated heterocycles. The van der Waals surface area contributed by atoms with Crippen molar-refractivity contribution in [1.82, 2.24) is 10.4 Å². The van der Waals surface area contributed by atoms with Crippen molar-refractivity contribution in [3.8, 4) is 0 Å². The summed E-state index contributed by atoms with van der Waals surface area (Å²) in [6.07, 6.45) is 3.40. The van der Waals surface area contributed by atoms with Crippen molar-refractivity contribution < 1.29 is 14.8 Å². The third-order valence-corrected chi connectivity index (χ3v) is 5.05. The molecule has 0 aromatic heterocycles. The summed E-state index contributed by atoms with van der Waals surface area (Å²) in [7, 11) is 0. The Hall–Kier alpha value is -1.88. The van der Waals surface area contributed by atoms with Crippen LogP contribution in [0.15, 0.2) is 18.2 Å². The third-order valence-electron chi connectivity index (χ3n) is 5.05. The fourth-order valence-corrected chi connectivity index (χ4v) is 4.01. The molecule has 0 radical (unpaired) electrons. The van der Waals surface area contributed by atoms with Crippen LogP contribution in [0.5, 0.6) is 0 Å². The highest BCUT2D eigenvalue weighted by Gasteiger charge is 2.44. The van der Waals surface area contributed by atoms with Gasteiger partial charge in [0.15, 0.2) is 0 Å². The summed E-state index contributed by atoms with van der Waals surface area (Å²) < 4.78 is 0. The first-order valence-electron chi connectivity index (χ1n) is 8.26. The van der Waals surface area contributed by atoms with Crippen molar-refractivity contribution in [2.24, 2.45) is 11.3 Å². The second kappa shape index (κ2) is 5.96. The lowest BCUT2D eigenvalue weighted by Crippen LogP contribution is -2.34. The van der Waals surface area contributed by atoms with Gasteiger partial charge in [0.1, 0.15) is 0 Å². The molecule has 2 amide bonds. The quantitative estimate of drug-likeness (QED) is 0.663. The number of hydroxylamine groups is 1. The van der Waals surface area contributed by atoms with Crippen LogP contribution in [0.2, 0.25) is 0 Å². The number of amides is 2. The molecule has 1 aliphatic carbocycles. The molecule has 0 unspecified atom stereocenters. The van der Waals surface area contributed by atoms with Crippen molar-refractivity contribution >= 4 is 11.8 Å². The normalized spacial score (nSPS) is 23.5. The van der Waals surface area contributed by atoms with Gasteiger partial charge in [0.2, 0.25) is 5.91 Å². The highest BCUT2D eigenvalue weighted by Crippen LogP contribution is 2.43. The first kappa shape index (κ1) is 16.0. The molecule has 1 spiro atoms. The van der Waals surface area contributed by atoms with Crippen molar-refractivity contribution in [2.45, 2.75) is 39.5 Å². The lowest BCUT2D eigenvalue weighted by molar-refractivity contribution is -0.128. The molecular weight excluding hydrogens is 292 g/mol. The zero-order valence-corrected chi connectivity index (χ0v) is 13.8. The van der Waals surface area contributed by atoms with E-state index in [1.807, 2.05) is 17.0 Å². The van der Waals surface area contributed by atoms with E-state index in [4.69, 9.17) is 5.21 Å². The molecule has 0 saturated carbocycles. The van der Waals surface area contributed by atoms with E-state index in [1.165, 1.54) is 5.56 Å². The predicted octanol–water partition coefficient (Wildman–Crippen LogP) is 2.17. The van der Waals surface area contributed by atoms with Gasteiger partial charge in [0.25, 0.3) is 5.91 Å². The van der Waals surface area contributed by atoms with Crippen LogP contribution in [0.1, 0.15) is 48.2 Å². The van der Waals surface area contributed by atoms with Crippen LogP contribution in [0.4, 0.5) is 0 Å². The van der Waals surface area contributed by atoms with Gasteiger partial charge < -0.3 is 4.90 Å². The first-order chi connectivity index (χ1) is 10.9. The average molecular weight is 316 g/mol. The van der Waals surface area contributed by atoms with Crippen molar-refractivity contribution in [1.29, 1.82) is 0 Å². The van der Waals surface area contributed by atoms with Gasteiger partial charge >= 0.3 is 0 Å². The summed E-state index contributed by atoms with van der Waals surface area (Å²) in [5, 5.41) is 8.80. The van der Waals surface area contributed by atoms with E-state index in [2.05, 4.69) is 13.8 Å². The van der Waals surface area contributed by atoms with Gasteiger partial charge in [0.05, 0.1) is 0 Å². The molecule has 124 valence electrons. The topological polar surface area (TPSA) is 69.6 Å². The molecule has 1 atom stereocenters. The molecule has 3 rings (SSSR count). The molecule has 1 aliphatic heterocycles. The standard InChI is InChI=1S/C18H24N2O3/c1-12(2)10-20-11-18(9-16(20)21)6-5-13-3-4-14(17(22)19-23)7-15(13)8-18/h3-4,7,12,23H,5-6,8-11H2,1-2H3,(H,19,22)/t18-/m0/s1. The fraction of sp³-hybridized carbons (Fsp3) is 0.556. The number of nitrogens with one attached hydrogen (secondary N) is 1. The number of carbonyl (C=O) groups is 2. The largest absolute Gasteiger partial charge is 0.342 e. The Morgan fingerprint density at radius 3 is 2.83 bits per heavy atom. The number of aryl methyl sites for hydroxylation is 1. The van der Waals surface area contributed by atoms with Crippen LogP contribution in [-0.4, -0.2) is 35.0 Å². The monoisotopic (exact) mass is 316 g/mol. The van der Waals surface area contributed by atoms with E-state index < -0.39 is 5.91 Å². The van der Waals surface area contributed by atoms with Gasteiger partial charge in [-0.2, -0.15) is 0 Å². The van der Waals surface area contributed by atoms with Gasteiger partial charge in [-0.15, -0.1) is 0 Å². The number of fused-ring (bicyclic) bond motifs is 1. The zero-order chi connectivity index (χ0) is 16.6. The van der Waals surface area contributed by atoms with Crippen molar-refractivity contribution in [2.75, 3.05) is 13.1 Å². The highest BCUT2D eigenvalue weighted by atomic mass is 16.5. The minimum Gasteiger partial charge on any atom is -0.342 e. The minimum atomic E-state index is -0.489. The summed E-state index contributed by atoms with van der Waals surface area (Å²) in [4.78, 5) is 26.0. The third kappa shape index (κ3) is 3.11. The number of nitrogens with zero attached hydrogens (tertiary/aromatic N) is 1. The summed E-state index contributed by atoms with van der Waals surface area (Å²) in [6, 6.07) is 5.57. The van der Waals surface area contributed by atoms with Gasteiger partial charge in [-0.05, 0) is 48.4 Å². The van der Waals surface area contributed by atoms with E-state index in [-0.39, 0.29) is 11.3 Å². The van der Waals surface area contributed by atoms with E-state index in [1.54, 1.807) is 11.5 Å². The lowest BCUT2D eigenvalue weighted by Gasteiger charge is -2.34. The summed E-state index contributed by atoms with van der Waals surface area (Å²) >= 11 is 0. The first-order valence-corrected chi connectivity index (χ1v) is 8.26. The number of likely N-dealkylation sites (tertiary alicyclic amines) is 1. The van der Waals surface area contributed by atoms with Gasteiger partial charge in [-0.3, -0.25) is 14.8 Å². The molecule has 1 fully saturated rings. The van der Waals surface area contributed by atoms with Gasteiger partial charge in [0, 0.05) is 30.5 Å². The van der Waals surface area contributed by atoms with Crippen LogP contribution in [0.25, 0.3) is 0 Å². The zero-order valence-electron chi connectivity index (χ0n) is 13.8. The molecule has 1 heterocycles. The fourth-order valence-electron chi connectivity index (χ4n) is 4.01. The second-order valence-electron chi connectivity index (χ2n) is 7.45. The van der Waals surface area contributed by atoms with E-state index in [0.717, 1.165) is 37.9 Å². The number of rotatable bonds is 3. The number of carbonyl (C=O) groups excluding carboxylic acids is 2. The van der Waals surface area contributed by atoms with Crippen LogP contribution in [0, 0.1) is 11.3 Å². The van der Waals surface area contributed by atoms with Crippen LogP contribution in [0.3, 0.4) is 0 Å². The van der Waals surface area contributed by atoms with Crippen molar-refractivity contribution in [3.05, 3.63) is 34.9 Å². The van der Waals surface area contributed by atoms with Crippen molar-refractivity contribution in [3.63, 3.8) is 0 Å². The maximum atomic E-state index is 12.3. The van der Waals surface area contributed by atoms with E-state index >= 15 is 0 Å². The molecule has 23 heavy (non-hydrogen) atoms. The molecule has 1 aromatic carbocycles. The molecule has 5 heteroatoms. The molecule has 0 bridgehead atoms. The Kier molecular flexibility index (Phi) is 4.15. The van der Waals surface area contributed by atoms with Gasteiger partial charge in [-0.25, -0.2) is 5.48 Å².